The van der Waals surface area contributed by atoms with Crippen LogP contribution < -0.4 is 0 Å². The van der Waals surface area contributed by atoms with Crippen molar-refractivity contribution < 1.29 is 38.1 Å². The lowest BCUT2D eigenvalue weighted by Gasteiger charge is -2.28. The summed E-state index contributed by atoms with van der Waals surface area (Å²) in [5.41, 5.74) is 0. The van der Waals surface area contributed by atoms with Crippen LogP contribution in [0.2, 0.25) is 0 Å². The number of carbonyl (C=O) groups excluding carboxylic acids is 4. The van der Waals surface area contributed by atoms with Crippen molar-refractivity contribution in [3.05, 3.63) is 0 Å². The Morgan fingerprint density at radius 1 is 0.850 bits per heavy atom. The monoisotopic (exact) mass is 290 g/mol. The van der Waals surface area contributed by atoms with Crippen LogP contribution in [0.5, 0.6) is 0 Å². The highest BCUT2D eigenvalue weighted by Crippen LogP contribution is 2.22. The maximum Gasteiger partial charge on any atom is 0.393 e. The van der Waals surface area contributed by atoms with Gasteiger partial charge >= 0.3 is 29.7 Å². The molecule has 0 saturated carbocycles. The molecule has 0 unspecified atom stereocenters. The predicted octanol–water partition coefficient (Wildman–Crippen LogP) is 0.325. The van der Waals surface area contributed by atoms with Crippen molar-refractivity contribution in [2.24, 2.45) is 0 Å². The Kier molecular flexibility index (Phi) is 7.27. The van der Waals surface area contributed by atoms with Crippen molar-refractivity contribution in [2.75, 3.05) is 13.2 Å². The van der Waals surface area contributed by atoms with Gasteiger partial charge in [0.1, 0.15) is 6.42 Å². The molecule has 0 heterocycles. The second-order valence-corrected chi connectivity index (χ2v) is 3.64. The summed E-state index contributed by atoms with van der Waals surface area (Å²) in [5, 5.41) is 0. The number of hydrogen-bond donors (Lipinski definition) is 0. The molecule has 0 atom stereocenters. The van der Waals surface area contributed by atoms with Crippen molar-refractivity contribution in [1.29, 1.82) is 0 Å². The molecule has 8 heteroatoms. The molecule has 0 radical (unpaired) electrons. The molecule has 0 aromatic carbocycles. The molecular formula is C12H18O8. The van der Waals surface area contributed by atoms with Crippen LogP contribution in [0.1, 0.15) is 34.1 Å². The minimum atomic E-state index is -2.46. The molecule has 0 aliphatic rings. The number of esters is 4. The molecule has 0 bridgehead atoms. The topological polar surface area (TPSA) is 105 Å². The molecule has 0 fully saturated rings. The van der Waals surface area contributed by atoms with Gasteiger partial charge in [-0.2, -0.15) is 0 Å². The third-order valence-electron chi connectivity index (χ3n) is 1.89. The first-order chi connectivity index (χ1) is 9.27. The summed E-state index contributed by atoms with van der Waals surface area (Å²) in [6.07, 6.45) is -0.779. The fraction of sp³-hybridized carbons (Fsp3) is 0.667. The van der Waals surface area contributed by atoms with E-state index in [9.17, 15) is 19.2 Å². The molecule has 0 amide bonds. The van der Waals surface area contributed by atoms with Crippen molar-refractivity contribution in [1.82, 2.24) is 0 Å². The maximum atomic E-state index is 11.9. The molecule has 0 aromatic rings. The second kappa shape index (κ2) is 8.13. The molecule has 0 aliphatic carbocycles. The average Bonchev–Trinajstić information content (AvgIpc) is 2.27. The van der Waals surface area contributed by atoms with E-state index < -0.39 is 36.1 Å². The summed E-state index contributed by atoms with van der Waals surface area (Å²) in [6.45, 7) is 5.07. The predicted molar refractivity (Wildman–Crippen MR) is 64.1 cm³/mol. The van der Waals surface area contributed by atoms with E-state index in [2.05, 4.69) is 9.47 Å². The molecule has 8 nitrogen and oxygen atoms in total. The quantitative estimate of drug-likeness (QED) is 0.375. The zero-order chi connectivity index (χ0) is 15.8. The molecule has 0 N–H and O–H groups in total. The number of hydrogen-bond acceptors (Lipinski definition) is 8. The van der Waals surface area contributed by atoms with E-state index in [0.29, 0.717) is 0 Å². The first-order valence-electron chi connectivity index (χ1n) is 5.99. The normalized spacial score (nSPS) is 10.4. The molecule has 0 spiro atoms. The Balaban J connectivity index is 5.39. The highest BCUT2D eigenvalue weighted by Gasteiger charge is 2.50. The summed E-state index contributed by atoms with van der Waals surface area (Å²) in [5.74, 6) is -6.31. The van der Waals surface area contributed by atoms with Crippen LogP contribution in [-0.4, -0.2) is 42.9 Å². The van der Waals surface area contributed by atoms with E-state index in [1.807, 2.05) is 0 Å². The van der Waals surface area contributed by atoms with Gasteiger partial charge in [-0.25, -0.2) is 4.79 Å². The first kappa shape index (κ1) is 17.9. The Morgan fingerprint density at radius 3 is 1.65 bits per heavy atom. The van der Waals surface area contributed by atoms with Crippen LogP contribution in [-0.2, 0) is 38.1 Å². The largest absolute Gasteiger partial charge is 0.466 e. The number of ether oxygens (including phenoxy) is 4. The van der Waals surface area contributed by atoms with Crippen molar-refractivity contribution in [3.63, 3.8) is 0 Å². The fourth-order valence-electron chi connectivity index (χ4n) is 1.36. The Morgan fingerprint density at radius 2 is 1.30 bits per heavy atom. The van der Waals surface area contributed by atoms with Gasteiger partial charge < -0.3 is 18.9 Å². The lowest BCUT2D eigenvalue weighted by molar-refractivity contribution is -0.240. The van der Waals surface area contributed by atoms with E-state index >= 15 is 0 Å². The van der Waals surface area contributed by atoms with Crippen LogP contribution in [0.4, 0.5) is 0 Å². The van der Waals surface area contributed by atoms with E-state index in [4.69, 9.17) is 9.47 Å². The summed E-state index contributed by atoms with van der Waals surface area (Å²) in [7, 11) is 0. The fourth-order valence-corrected chi connectivity index (χ4v) is 1.36. The van der Waals surface area contributed by atoms with E-state index in [0.717, 1.165) is 13.8 Å². The number of rotatable bonds is 7. The maximum absolute atomic E-state index is 11.9. The van der Waals surface area contributed by atoms with Crippen LogP contribution in [0.3, 0.4) is 0 Å². The summed E-state index contributed by atoms with van der Waals surface area (Å²) in [6, 6.07) is 0. The zero-order valence-corrected chi connectivity index (χ0v) is 11.9. The van der Waals surface area contributed by atoms with Crippen LogP contribution in [0.25, 0.3) is 0 Å². The van der Waals surface area contributed by atoms with Crippen molar-refractivity contribution in [3.8, 4) is 0 Å². The van der Waals surface area contributed by atoms with Crippen LogP contribution in [0, 0.1) is 0 Å². The lowest BCUT2D eigenvalue weighted by atomic mass is 10.2. The van der Waals surface area contributed by atoms with Gasteiger partial charge in [0.25, 0.3) is 0 Å². The van der Waals surface area contributed by atoms with Crippen LogP contribution >= 0.6 is 0 Å². The molecule has 0 rings (SSSR count). The Bertz CT molecular complexity index is 371. The smallest absolute Gasteiger partial charge is 0.393 e. The SMILES string of the molecule is CCOC(=O)CC(OC(C)=O)(OC(C)=O)C(=O)OCC. The minimum Gasteiger partial charge on any atom is -0.466 e. The third-order valence-corrected chi connectivity index (χ3v) is 1.89. The average molecular weight is 290 g/mol. The molecule has 0 aliphatic heterocycles. The Hall–Kier alpha value is -2.12. The standard InChI is InChI=1S/C12H18O8/c1-5-17-10(15)7-12(19-8(3)13,20-9(4)14)11(16)18-6-2/h5-7H2,1-4H3. The third kappa shape index (κ3) is 5.68. The lowest BCUT2D eigenvalue weighted by Crippen LogP contribution is -2.49. The Labute approximate surface area is 116 Å². The van der Waals surface area contributed by atoms with E-state index in [1.165, 1.54) is 6.92 Å². The molecule has 0 aromatic heterocycles. The van der Waals surface area contributed by atoms with Gasteiger partial charge in [0, 0.05) is 13.8 Å². The van der Waals surface area contributed by atoms with Gasteiger partial charge in [0.05, 0.1) is 13.2 Å². The van der Waals surface area contributed by atoms with Crippen LogP contribution in [0.15, 0.2) is 0 Å². The molecule has 20 heavy (non-hydrogen) atoms. The molecular weight excluding hydrogens is 272 g/mol. The van der Waals surface area contributed by atoms with E-state index in [1.54, 1.807) is 6.92 Å². The minimum absolute atomic E-state index is 0.0497. The van der Waals surface area contributed by atoms with Gasteiger partial charge in [-0.1, -0.05) is 0 Å². The summed E-state index contributed by atoms with van der Waals surface area (Å²) >= 11 is 0. The summed E-state index contributed by atoms with van der Waals surface area (Å²) < 4.78 is 18.8. The van der Waals surface area contributed by atoms with Gasteiger partial charge in [0.2, 0.25) is 0 Å². The molecule has 0 saturated heterocycles. The van der Waals surface area contributed by atoms with Crippen molar-refractivity contribution >= 4 is 23.9 Å². The summed E-state index contributed by atoms with van der Waals surface area (Å²) in [4.78, 5) is 45.6. The van der Waals surface area contributed by atoms with Gasteiger partial charge in [-0.15, -0.1) is 0 Å². The highest BCUT2D eigenvalue weighted by atomic mass is 16.8. The zero-order valence-electron chi connectivity index (χ0n) is 11.9. The van der Waals surface area contributed by atoms with E-state index in [-0.39, 0.29) is 13.2 Å². The molecule has 114 valence electrons. The van der Waals surface area contributed by atoms with Crippen molar-refractivity contribution in [2.45, 2.75) is 39.9 Å². The number of carbonyl (C=O) groups is 4. The van der Waals surface area contributed by atoms with Gasteiger partial charge in [-0.3, -0.25) is 14.4 Å². The van der Waals surface area contributed by atoms with Gasteiger partial charge in [-0.05, 0) is 13.8 Å². The first-order valence-corrected chi connectivity index (χ1v) is 5.99. The second-order valence-electron chi connectivity index (χ2n) is 3.64. The van der Waals surface area contributed by atoms with Gasteiger partial charge in [0.15, 0.2) is 0 Å². The highest BCUT2D eigenvalue weighted by molar-refractivity contribution is 5.88.